The molecule has 0 radical (unpaired) electrons. The number of carbonyl (C=O) groups excluding carboxylic acids is 2. The van der Waals surface area contributed by atoms with Gasteiger partial charge < -0.3 is 30.3 Å². The van der Waals surface area contributed by atoms with Crippen molar-refractivity contribution in [2.24, 2.45) is 0 Å². The van der Waals surface area contributed by atoms with E-state index >= 15 is 0 Å². The van der Waals surface area contributed by atoms with Crippen LogP contribution in [-0.4, -0.2) is 37.8 Å². The zero-order valence-corrected chi connectivity index (χ0v) is 26.7. The average Bonchev–Trinajstić information content (AvgIpc) is 3.04. The Bertz CT molecular complexity index is 2280. The molecule has 48 heavy (non-hydrogen) atoms. The summed E-state index contributed by atoms with van der Waals surface area (Å²) in [6.07, 6.45) is 0. The van der Waals surface area contributed by atoms with Gasteiger partial charge in [-0.3, -0.25) is 19.7 Å². The minimum Gasteiger partial charge on any atom is -0.744 e. The fourth-order valence-electron chi connectivity index (χ4n) is 4.48. The van der Waals surface area contributed by atoms with Gasteiger partial charge in [-0.15, -0.1) is 0 Å². The summed E-state index contributed by atoms with van der Waals surface area (Å²) in [6, 6.07) is 18.3. The van der Waals surface area contributed by atoms with Gasteiger partial charge in [-0.2, -0.15) is 8.67 Å². The molecule has 0 aromatic heterocycles. The fraction of sp³-hybridized carbons (Fsp3) is 0. The molecule has 0 unspecified atom stereocenters. The second-order valence-corrected chi connectivity index (χ2v) is 13.8. The van der Waals surface area contributed by atoms with Gasteiger partial charge in [-0.05, 0) is 88.3 Å². The second kappa shape index (κ2) is 14.5. The molecule has 0 fully saturated rings. The molecule has 0 aliphatic carbocycles. The predicted octanol–water partition coefficient (Wildman–Crippen LogP) is 2.77. The van der Waals surface area contributed by atoms with Crippen molar-refractivity contribution in [2.45, 2.75) is 19.6 Å². The molecule has 0 aliphatic heterocycles. The molecule has 250 valence electrons. The van der Waals surface area contributed by atoms with Gasteiger partial charge in [0.25, 0.3) is 11.8 Å². The number of hydrogen-bond acceptors (Lipinski definition) is 16. The first-order valence-electron chi connectivity index (χ1n) is 12.8. The van der Waals surface area contributed by atoms with E-state index in [1.807, 2.05) is 0 Å². The SMILES string of the molecule is O=C(Nc1cc2ccc(S(=O)(=O)[O-])cc2cc1SOO[O-])c1cccc(C(=O)Nc2cc3ccc(SOO[O-])cc3cc2S(=O)(=O)[O-])c1. The fourth-order valence-corrected chi connectivity index (χ4v) is 6.52. The number of anilines is 2. The Morgan fingerprint density at radius 3 is 1.81 bits per heavy atom. The lowest BCUT2D eigenvalue weighted by molar-refractivity contribution is -0.777. The van der Waals surface area contributed by atoms with Crippen LogP contribution < -0.4 is 21.1 Å². The van der Waals surface area contributed by atoms with Crippen LogP contribution >= 0.6 is 24.1 Å². The number of benzene rings is 5. The predicted molar refractivity (Wildman–Crippen MR) is 162 cm³/mol. The lowest BCUT2D eigenvalue weighted by Gasteiger charge is -2.16. The van der Waals surface area contributed by atoms with E-state index in [1.54, 1.807) is 0 Å². The van der Waals surface area contributed by atoms with Gasteiger partial charge in [0.1, 0.15) is 20.2 Å². The first-order valence-corrected chi connectivity index (χ1v) is 17.1. The minimum atomic E-state index is -5.10. The summed E-state index contributed by atoms with van der Waals surface area (Å²) in [4.78, 5) is 25.7. The van der Waals surface area contributed by atoms with Crippen LogP contribution in [0.15, 0.2) is 105 Å². The molecule has 5 rings (SSSR count). The Labute approximate surface area is 279 Å². The van der Waals surface area contributed by atoms with Gasteiger partial charge in [0.2, 0.25) is 0 Å². The zero-order chi connectivity index (χ0) is 34.6. The number of rotatable bonds is 12. The van der Waals surface area contributed by atoms with Gasteiger partial charge in [0, 0.05) is 16.0 Å². The van der Waals surface area contributed by atoms with E-state index < -0.39 is 41.8 Å². The number of carbonyl (C=O) groups is 2. The van der Waals surface area contributed by atoms with Crippen molar-refractivity contribution in [3.63, 3.8) is 0 Å². The molecule has 16 nitrogen and oxygen atoms in total. The van der Waals surface area contributed by atoms with Crippen molar-refractivity contribution in [3.05, 3.63) is 96.1 Å². The Hall–Kier alpha value is -4.16. The maximum atomic E-state index is 13.3. The first-order chi connectivity index (χ1) is 22.8. The van der Waals surface area contributed by atoms with Crippen LogP contribution in [0.3, 0.4) is 0 Å². The molecule has 0 bridgehead atoms. The van der Waals surface area contributed by atoms with E-state index in [0.29, 0.717) is 39.8 Å². The molecule has 5 aromatic rings. The Balaban J connectivity index is 1.42. The molecule has 0 heterocycles. The Kier molecular flexibility index (Phi) is 10.6. The Morgan fingerprint density at radius 2 is 1.19 bits per heavy atom. The summed E-state index contributed by atoms with van der Waals surface area (Å²) in [5, 5.41) is 33.6. The standard InChI is InChI=1S/C28H20N2O14S4/c31-27(29-23-11-16-5-7-22(47(35,36)37)10-20(16)13-25(23)46-44-42-34)17-2-1-3-18(8-17)28(32)30-24-12-15-4-6-21(45-43-41-33)9-19(15)14-26(24)48(38,39)40/h1-14,33-34H,(H,29,31)(H,30,32)(H,35,36,37)(H,38,39,40)/p-4. The third-order valence-electron chi connectivity index (χ3n) is 6.57. The monoisotopic (exact) mass is 732 g/mol. The summed E-state index contributed by atoms with van der Waals surface area (Å²) in [5.41, 5.74) is -0.390. The van der Waals surface area contributed by atoms with E-state index in [0.717, 1.165) is 18.2 Å². The number of hydrogen-bond donors (Lipinski definition) is 2. The summed E-state index contributed by atoms with van der Waals surface area (Å²) >= 11 is 0.938. The zero-order valence-electron chi connectivity index (χ0n) is 23.4. The van der Waals surface area contributed by atoms with E-state index in [1.165, 1.54) is 66.7 Å². The van der Waals surface area contributed by atoms with Crippen LogP contribution in [0.4, 0.5) is 11.4 Å². The Morgan fingerprint density at radius 1 is 0.604 bits per heavy atom. The summed E-state index contributed by atoms with van der Waals surface area (Å²) in [5.74, 6) is -1.62. The van der Waals surface area contributed by atoms with Crippen molar-refractivity contribution in [1.82, 2.24) is 0 Å². The second-order valence-electron chi connectivity index (χ2n) is 9.55. The molecule has 0 saturated heterocycles. The van der Waals surface area contributed by atoms with Crippen LogP contribution in [0, 0.1) is 0 Å². The third-order valence-corrected chi connectivity index (χ3v) is 9.49. The maximum Gasteiger partial charge on any atom is 0.255 e. The van der Waals surface area contributed by atoms with E-state index in [-0.39, 0.29) is 38.2 Å². The molecule has 0 spiro atoms. The lowest BCUT2D eigenvalue weighted by atomic mass is 10.1. The highest BCUT2D eigenvalue weighted by atomic mass is 32.2. The van der Waals surface area contributed by atoms with Crippen LogP contribution in [0.2, 0.25) is 0 Å². The van der Waals surface area contributed by atoms with E-state index in [4.69, 9.17) is 0 Å². The molecular formula is C28H16N2O14S4-4. The lowest BCUT2D eigenvalue weighted by Crippen LogP contribution is -2.17. The number of amides is 2. The summed E-state index contributed by atoms with van der Waals surface area (Å²) in [7, 11) is -9.88. The van der Waals surface area contributed by atoms with Gasteiger partial charge in [-0.1, -0.05) is 18.2 Å². The molecule has 20 heteroatoms. The van der Waals surface area contributed by atoms with Crippen molar-refractivity contribution < 1.29 is 64.8 Å². The minimum absolute atomic E-state index is 0.0445. The van der Waals surface area contributed by atoms with Gasteiger partial charge >= 0.3 is 0 Å². The molecular weight excluding hydrogens is 717 g/mol. The first kappa shape index (κ1) is 35.2. The van der Waals surface area contributed by atoms with Crippen LogP contribution in [0.25, 0.3) is 21.5 Å². The normalized spacial score (nSPS) is 11.9. The van der Waals surface area contributed by atoms with Gasteiger partial charge in [0.15, 0.2) is 0 Å². The van der Waals surface area contributed by atoms with Crippen LogP contribution in [-0.2, 0) is 39.0 Å². The third kappa shape index (κ3) is 8.27. The van der Waals surface area contributed by atoms with Crippen molar-refractivity contribution in [1.29, 1.82) is 0 Å². The van der Waals surface area contributed by atoms with Crippen molar-refractivity contribution >= 4 is 89.1 Å². The molecule has 2 N–H and O–H groups in total. The van der Waals surface area contributed by atoms with E-state index in [2.05, 4.69) is 29.4 Å². The highest BCUT2D eigenvalue weighted by molar-refractivity contribution is 7.95. The van der Waals surface area contributed by atoms with Crippen LogP contribution in [0.1, 0.15) is 20.7 Å². The van der Waals surface area contributed by atoms with Crippen molar-refractivity contribution in [3.8, 4) is 0 Å². The average molecular weight is 733 g/mol. The number of nitrogens with one attached hydrogen (secondary N) is 2. The highest BCUT2D eigenvalue weighted by Crippen LogP contribution is 2.34. The van der Waals surface area contributed by atoms with Gasteiger partial charge in [-0.25, -0.2) is 16.8 Å². The summed E-state index contributed by atoms with van der Waals surface area (Å²) in [6.45, 7) is 0. The largest absolute Gasteiger partial charge is 0.744 e. The van der Waals surface area contributed by atoms with Crippen molar-refractivity contribution in [2.75, 3.05) is 10.6 Å². The molecule has 0 atom stereocenters. The van der Waals surface area contributed by atoms with E-state index in [9.17, 15) is 46.0 Å². The topological polar surface area (TPSA) is 256 Å². The smallest absolute Gasteiger partial charge is 0.255 e. The molecule has 5 aromatic carbocycles. The van der Waals surface area contributed by atoms with Crippen LogP contribution in [0.5, 0.6) is 0 Å². The molecule has 0 saturated carbocycles. The quantitative estimate of drug-likeness (QED) is 0.0809. The molecule has 2 amide bonds. The summed E-state index contributed by atoms with van der Waals surface area (Å²) < 4.78 is 79.2. The highest BCUT2D eigenvalue weighted by Gasteiger charge is 2.18. The number of fused-ring (bicyclic) bond motifs is 2. The maximum absolute atomic E-state index is 13.3. The molecule has 0 aliphatic rings. The van der Waals surface area contributed by atoms with Gasteiger partial charge in [0.05, 0.1) is 50.1 Å².